The summed E-state index contributed by atoms with van der Waals surface area (Å²) in [6, 6.07) is 1.13. The number of nitrogens with one attached hydrogen (secondary N) is 1. The molecule has 3 fully saturated rings. The van der Waals surface area contributed by atoms with E-state index < -0.39 is 0 Å². The summed E-state index contributed by atoms with van der Waals surface area (Å²) in [5.74, 6) is 2.65. The van der Waals surface area contributed by atoms with Crippen LogP contribution >= 0.6 is 11.8 Å². The number of likely N-dealkylation sites (tertiary alicyclic amines) is 2. The zero-order chi connectivity index (χ0) is 14.5. The van der Waals surface area contributed by atoms with Crippen LogP contribution in [-0.2, 0) is 4.79 Å². The van der Waals surface area contributed by atoms with Crippen LogP contribution in [0, 0.1) is 0 Å². The number of hydrogen-bond donors (Lipinski definition) is 1. The summed E-state index contributed by atoms with van der Waals surface area (Å²) in [6.45, 7) is 5.56. The highest BCUT2D eigenvalue weighted by Gasteiger charge is 2.27. The number of nitrogens with zero attached hydrogens (tertiary/aromatic N) is 2. The molecule has 1 N–H and O–H groups in total. The van der Waals surface area contributed by atoms with Gasteiger partial charge in [0.15, 0.2) is 0 Å². The molecule has 3 aliphatic heterocycles. The lowest BCUT2D eigenvalue weighted by Gasteiger charge is -2.28. The van der Waals surface area contributed by atoms with Gasteiger partial charge in [0.25, 0.3) is 0 Å². The van der Waals surface area contributed by atoms with Crippen molar-refractivity contribution in [1.29, 1.82) is 0 Å². The van der Waals surface area contributed by atoms with Crippen LogP contribution in [0.5, 0.6) is 0 Å². The fourth-order valence-electron chi connectivity index (χ4n) is 3.89. The van der Waals surface area contributed by atoms with E-state index in [1.54, 1.807) is 0 Å². The fraction of sp³-hybridized carbons (Fsp3) is 0.938. The summed E-state index contributed by atoms with van der Waals surface area (Å²) < 4.78 is 0. The number of carbonyl (C=O) groups excluding carboxylic acids is 1. The van der Waals surface area contributed by atoms with Gasteiger partial charge in [0.05, 0.1) is 0 Å². The number of rotatable bonds is 3. The van der Waals surface area contributed by atoms with Gasteiger partial charge in [0, 0.05) is 49.6 Å². The minimum atomic E-state index is 0.372. The van der Waals surface area contributed by atoms with Crippen LogP contribution in [0.3, 0.4) is 0 Å². The molecule has 2 atom stereocenters. The average molecular weight is 311 g/mol. The number of thioether (sulfide) groups is 1. The molecule has 0 aliphatic carbocycles. The van der Waals surface area contributed by atoms with Gasteiger partial charge >= 0.3 is 0 Å². The molecule has 0 aromatic heterocycles. The van der Waals surface area contributed by atoms with Gasteiger partial charge in [-0.3, -0.25) is 4.79 Å². The SMILES string of the molecule is O=C(CC1CSCCN1)N1CCCC(N2CCCC2)CC1. The topological polar surface area (TPSA) is 35.6 Å². The Balaban J connectivity index is 1.46. The van der Waals surface area contributed by atoms with Gasteiger partial charge in [-0.05, 0) is 45.2 Å². The first-order valence-corrected chi connectivity index (χ1v) is 9.81. The minimum absolute atomic E-state index is 0.372. The molecule has 0 radical (unpaired) electrons. The van der Waals surface area contributed by atoms with E-state index in [-0.39, 0.29) is 0 Å². The second-order valence-electron chi connectivity index (χ2n) is 6.64. The maximum atomic E-state index is 12.5. The Kier molecular flexibility index (Phi) is 5.83. The van der Waals surface area contributed by atoms with Crippen molar-refractivity contribution >= 4 is 17.7 Å². The lowest BCUT2D eigenvalue weighted by molar-refractivity contribution is -0.131. The molecule has 3 saturated heterocycles. The maximum Gasteiger partial charge on any atom is 0.224 e. The van der Waals surface area contributed by atoms with Crippen LogP contribution in [-0.4, -0.2) is 72.0 Å². The predicted octanol–water partition coefficient (Wildman–Crippen LogP) is 1.56. The summed E-state index contributed by atoms with van der Waals surface area (Å²) in [5.41, 5.74) is 0. The van der Waals surface area contributed by atoms with Crippen molar-refractivity contribution < 1.29 is 4.79 Å². The summed E-state index contributed by atoms with van der Waals surface area (Å²) >= 11 is 1.97. The Labute approximate surface area is 133 Å². The molecular formula is C16H29N3OS. The lowest BCUT2D eigenvalue weighted by atomic mass is 10.1. The molecule has 0 aromatic rings. The van der Waals surface area contributed by atoms with Crippen molar-refractivity contribution in [3.63, 3.8) is 0 Å². The normalized spacial score (nSPS) is 32.1. The van der Waals surface area contributed by atoms with Crippen molar-refractivity contribution in [1.82, 2.24) is 15.1 Å². The molecular weight excluding hydrogens is 282 g/mol. The average Bonchev–Trinajstić information content (AvgIpc) is 2.93. The molecule has 3 rings (SSSR count). The van der Waals surface area contributed by atoms with Crippen LogP contribution in [0.15, 0.2) is 0 Å². The number of carbonyl (C=O) groups is 1. The van der Waals surface area contributed by atoms with E-state index in [4.69, 9.17) is 0 Å². The quantitative estimate of drug-likeness (QED) is 0.858. The fourth-order valence-corrected chi connectivity index (χ4v) is 4.84. The van der Waals surface area contributed by atoms with E-state index in [9.17, 15) is 4.79 Å². The third-order valence-corrected chi connectivity index (χ3v) is 6.26. The Morgan fingerprint density at radius 3 is 2.71 bits per heavy atom. The van der Waals surface area contributed by atoms with Crippen LogP contribution in [0.4, 0.5) is 0 Å². The van der Waals surface area contributed by atoms with Crippen LogP contribution in [0.1, 0.15) is 38.5 Å². The summed E-state index contributed by atoms with van der Waals surface area (Å²) in [4.78, 5) is 17.3. The van der Waals surface area contributed by atoms with Crippen molar-refractivity contribution in [3.8, 4) is 0 Å². The largest absolute Gasteiger partial charge is 0.343 e. The van der Waals surface area contributed by atoms with Crippen LogP contribution < -0.4 is 5.32 Å². The molecule has 1 amide bonds. The van der Waals surface area contributed by atoms with Gasteiger partial charge < -0.3 is 15.1 Å². The van der Waals surface area contributed by atoms with Crippen molar-refractivity contribution in [2.75, 3.05) is 44.2 Å². The van der Waals surface area contributed by atoms with Crippen molar-refractivity contribution in [2.45, 2.75) is 50.6 Å². The third-order valence-electron chi connectivity index (χ3n) is 5.13. The number of hydrogen-bond acceptors (Lipinski definition) is 4. The van der Waals surface area contributed by atoms with E-state index in [2.05, 4.69) is 15.1 Å². The molecule has 0 bridgehead atoms. The highest BCUT2D eigenvalue weighted by Crippen LogP contribution is 2.22. The third kappa shape index (κ3) is 4.36. The molecule has 3 aliphatic rings. The number of amides is 1. The molecule has 0 saturated carbocycles. The van der Waals surface area contributed by atoms with E-state index in [0.29, 0.717) is 18.4 Å². The van der Waals surface area contributed by atoms with Crippen molar-refractivity contribution in [2.24, 2.45) is 0 Å². The molecule has 4 nitrogen and oxygen atoms in total. The Morgan fingerprint density at radius 2 is 1.95 bits per heavy atom. The summed E-state index contributed by atoms with van der Waals surface area (Å²) in [5, 5.41) is 3.48. The first-order valence-electron chi connectivity index (χ1n) is 8.66. The molecule has 5 heteroatoms. The Hall–Kier alpha value is -0.260. The van der Waals surface area contributed by atoms with E-state index in [0.717, 1.165) is 31.4 Å². The minimum Gasteiger partial charge on any atom is -0.343 e. The van der Waals surface area contributed by atoms with Gasteiger partial charge in [-0.2, -0.15) is 11.8 Å². The van der Waals surface area contributed by atoms with Gasteiger partial charge in [-0.1, -0.05) is 0 Å². The predicted molar refractivity (Wildman–Crippen MR) is 88.8 cm³/mol. The highest BCUT2D eigenvalue weighted by atomic mass is 32.2. The molecule has 120 valence electrons. The monoisotopic (exact) mass is 311 g/mol. The van der Waals surface area contributed by atoms with Gasteiger partial charge in [-0.25, -0.2) is 0 Å². The second kappa shape index (κ2) is 7.84. The van der Waals surface area contributed by atoms with Crippen LogP contribution in [0.2, 0.25) is 0 Å². The zero-order valence-electron chi connectivity index (χ0n) is 13.1. The first-order chi connectivity index (χ1) is 10.3. The molecule has 2 unspecified atom stereocenters. The van der Waals surface area contributed by atoms with E-state index >= 15 is 0 Å². The smallest absolute Gasteiger partial charge is 0.224 e. The molecule has 0 aromatic carbocycles. The standard InChI is InChI=1S/C16H29N3OS/c20-16(12-14-13-21-11-6-17-14)19-9-3-4-15(5-10-19)18-7-1-2-8-18/h14-15,17H,1-13H2. The lowest BCUT2D eigenvalue weighted by Crippen LogP contribution is -2.43. The Bertz CT molecular complexity index is 340. The zero-order valence-corrected chi connectivity index (χ0v) is 13.9. The second-order valence-corrected chi connectivity index (χ2v) is 7.79. The van der Waals surface area contributed by atoms with Crippen LogP contribution in [0.25, 0.3) is 0 Å². The van der Waals surface area contributed by atoms with Crippen molar-refractivity contribution in [3.05, 3.63) is 0 Å². The summed E-state index contributed by atoms with van der Waals surface area (Å²) in [7, 11) is 0. The van der Waals surface area contributed by atoms with Gasteiger partial charge in [0.2, 0.25) is 5.91 Å². The highest BCUT2D eigenvalue weighted by molar-refractivity contribution is 7.99. The van der Waals surface area contributed by atoms with E-state index in [1.165, 1.54) is 50.9 Å². The van der Waals surface area contributed by atoms with Gasteiger partial charge in [0.1, 0.15) is 0 Å². The van der Waals surface area contributed by atoms with E-state index in [1.807, 2.05) is 11.8 Å². The maximum absolute atomic E-state index is 12.5. The van der Waals surface area contributed by atoms with Gasteiger partial charge in [-0.15, -0.1) is 0 Å². The molecule has 0 spiro atoms. The first kappa shape index (κ1) is 15.6. The summed E-state index contributed by atoms with van der Waals surface area (Å²) in [6.07, 6.45) is 7.06. The molecule has 3 heterocycles. The molecule has 21 heavy (non-hydrogen) atoms. The Morgan fingerprint density at radius 1 is 1.10 bits per heavy atom.